The van der Waals surface area contributed by atoms with Gasteiger partial charge in [0.2, 0.25) is 0 Å². The number of halogens is 3. The molecule has 0 amide bonds. The molecule has 1 nitrogen and oxygen atoms in total. The summed E-state index contributed by atoms with van der Waals surface area (Å²) < 4.78 is 38.1. The molecule has 0 aromatic heterocycles. The number of hydrogen-bond donors (Lipinski definition) is 0. The van der Waals surface area contributed by atoms with Crippen LogP contribution in [-0.4, -0.2) is 6.29 Å². The van der Waals surface area contributed by atoms with Crippen LogP contribution in [0.15, 0.2) is 29.8 Å². The van der Waals surface area contributed by atoms with E-state index in [-0.39, 0.29) is 11.5 Å². The van der Waals surface area contributed by atoms with Gasteiger partial charge in [0.25, 0.3) is 0 Å². The third kappa shape index (κ3) is 3.44. The molecule has 0 saturated heterocycles. The molecular weight excluding hydrogens is 229 g/mol. The van der Waals surface area contributed by atoms with Gasteiger partial charge in [-0.2, -0.15) is 13.2 Å². The van der Waals surface area contributed by atoms with Crippen LogP contribution in [0.1, 0.15) is 25.0 Å². The lowest BCUT2D eigenvalue weighted by Gasteiger charge is -2.11. The van der Waals surface area contributed by atoms with Gasteiger partial charge >= 0.3 is 6.18 Å². The van der Waals surface area contributed by atoms with Crippen LogP contribution in [-0.2, 0) is 11.0 Å². The summed E-state index contributed by atoms with van der Waals surface area (Å²) in [5.74, 6) is -0.103. The number of carbonyl (C=O) groups is 1. The van der Waals surface area contributed by atoms with Crippen LogP contribution >= 0.6 is 0 Å². The summed E-state index contributed by atoms with van der Waals surface area (Å²) in [4.78, 5) is 10.8. The molecule has 1 aromatic rings. The first-order chi connectivity index (χ1) is 7.86. The molecule has 0 spiro atoms. The highest BCUT2D eigenvalue weighted by molar-refractivity contribution is 5.82. The number of carbonyl (C=O) groups excluding carboxylic acids is 1. The van der Waals surface area contributed by atoms with Gasteiger partial charge in [-0.3, -0.25) is 4.79 Å². The predicted octanol–water partition coefficient (Wildman–Crippen LogP) is 3.94. The van der Waals surface area contributed by atoms with Gasteiger partial charge in [0, 0.05) is 0 Å². The summed E-state index contributed by atoms with van der Waals surface area (Å²) in [6.45, 7) is 3.52. The van der Waals surface area contributed by atoms with Crippen LogP contribution in [0.4, 0.5) is 13.2 Å². The Balaban J connectivity index is 3.28. The monoisotopic (exact) mass is 242 g/mol. The fourth-order valence-corrected chi connectivity index (χ4v) is 1.40. The minimum atomic E-state index is -4.40. The van der Waals surface area contributed by atoms with Crippen LogP contribution in [0.5, 0.6) is 0 Å². The maximum Gasteiger partial charge on any atom is 0.416 e. The molecule has 17 heavy (non-hydrogen) atoms. The second-order valence-electron chi connectivity index (χ2n) is 4.00. The smallest absolute Gasteiger partial charge is 0.298 e. The van der Waals surface area contributed by atoms with Crippen LogP contribution < -0.4 is 0 Å². The largest absolute Gasteiger partial charge is 0.416 e. The van der Waals surface area contributed by atoms with E-state index >= 15 is 0 Å². The molecule has 0 N–H and O–H groups in total. The molecular formula is C13H13F3O. The minimum absolute atomic E-state index is 0.0239. The van der Waals surface area contributed by atoms with Crippen molar-refractivity contribution in [3.8, 4) is 0 Å². The molecule has 0 saturated carbocycles. The zero-order valence-electron chi connectivity index (χ0n) is 9.58. The van der Waals surface area contributed by atoms with Crippen molar-refractivity contribution in [3.63, 3.8) is 0 Å². The predicted molar refractivity (Wildman–Crippen MR) is 60.3 cm³/mol. The SMILES string of the molecule is CC(C)C(C=O)=Cc1ccccc1C(F)(F)F. The Labute approximate surface area is 98.0 Å². The van der Waals surface area contributed by atoms with E-state index in [2.05, 4.69) is 0 Å². The van der Waals surface area contributed by atoms with Gasteiger partial charge < -0.3 is 0 Å². The molecule has 1 aromatic carbocycles. The molecule has 0 bridgehead atoms. The van der Waals surface area contributed by atoms with Crippen molar-refractivity contribution in [2.75, 3.05) is 0 Å². The molecule has 0 aliphatic rings. The van der Waals surface area contributed by atoms with E-state index in [4.69, 9.17) is 0 Å². The van der Waals surface area contributed by atoms with E-state index in [9.17, 15) is 18.0 Å². The number of hydrogen-bond acceptors (Lipinski definition) is 1. The molecule has 0 unspecified atom stereocenters. The quantitative estimate of drug-likeness (QED) is 0.579. The molecule has 0 radical (unpaired) electrons. The molecule has 1 rings (SSSR count). The van der Waals surface area contributed by atoms with Crippen molar-refractivity contribution in [2.45, 2.75) is 20.0 Å². The average Bonchev–Trinajstić information content (AvgIpc) is 2.24. The Morgan fingerprint density at radius 2 is 1.82 bits per heavy atom. The lowest BCUT2D eigenvalue weighted by molar-refractivity contribution is -0.137. The summed E-state index contributed by atoms with van der Waals surface area (Å²) in [5.41, 5.74) is -0.350. The summed E-state index contributed by atoms with van der Waals surface area (Å²) >= 11 is 0. The maximum atomic E-state index is 12.7. The summed E-state index contributed by atoms with van der Waals surface area (Å²) in [6, 6.07) is 5.21. The van der Waals surface area contributed by atoms with Gasteiger partial charge in [0.1, 0.15) is 6.29 Å². The highest BCUT2D eigenvalue weighted by Crippen LogP contribution is 2.33. The lowest BCUT2D eigenvalue weighted by Crippen LogP contribution is -2.07. The van der Waals surface area contributed by atoms with E-state index in [1.54, 1.807) is 13.8 Å². The van der Waals surface area contributed by atoms with E-state index in [1.807, 2.05) is 0 Å². The van der Waals surface area contributed by atoms with Crippen molar-refractivity contribution >= 4 is 12.4 Å². The van der Waals surface area contributed by atoms with Gasteiger partial charge in [-0.1, -0.05) is 32.0 Å². The fourth-order valence-electron chi connectivity index (χ4n) is 1.40. The van der Waals surface area contributed by atoms with Gasteiger partial charge in [-0.25, -0.2) is 0 Å². The Hall–Kier alpha value is -1.58. The normalized spacial score (nSPS) is 12.9. The van der Waals surface area contributed by atoms with Gasteiger partial charge in [0.15, 0.2) is 0 Å². The summed E-state index contributed by atoms with van der Waals surface area (Å²) in [5, 5.41) is 0. The highest BCUT2D eigenvalue weighted by atomic mass is 19.4. The maximum absolute atomic E-state index is 12.7. The number of rotatable bonds is 3. The molecule has 0 fully saturated rings. The summed E-state index contributed by atoms with van der Waals surface area (Å²) in [6.07, 6.45) is -2.52. The second kappa shape index (κ2) is 5.17. The Morgan fingerprint density at radius 3 is 2.29 bits per heavy atom. The number of benzene rings is 1. The molecule has 0 aliphatic heterocycles. The van der Waals surface area contributed by atoms with Crippen molar-refractivity contribution < 1.29 is 18.0 Å². The first kappa shape index (κ1) is 13.5. The Bertz CT molecular complexity index is 431. The van der Waals surface area contributed by atoms with Crippen LogP contribution in [0, 0.1) is 5.92 Å². The van der Waals surface area contributed by atoms with Crippen molar-refractivity contribution in [1.29, 1.82) is 0 Å². The lowest BCUT2D eigenvalue weighted by atomic mass is 9.99. The van der Waals surface area contributed by atoms with Crippen LogP contribution in [0.2, 0.25) is 0 Å². The van der Waals surface area contributed by atoms with E-state index in [1.165, 1.54) is 24.3 Å². The topological polar surface area (TPSA) is 17.1 Å². The second-order valence-corrected chi connectivity index (χ2v) is 4.00. The minimum Gasteiger partial charge on any atom is -0.298 e. The molecule has 4 heteroatoms. The van der Waals surface area contributed by atoms with Gasteiger partial charge in [0.05, 0.1) is 5.56 Å². The van der Waals surface area contributed by atoms with Gasteiger partial charge in [-0.15, -0.1) is 0 Å². The number of aldehydes is 1. The summed E-state index contributed by atoms with van der Waals surface area (Å²) in [7, 11) is 0. The first-order valence-corrected chi connectivity index (χ1v) is 5.19. The average molecular weight is 242 g/mol. The van der Waals surface area contributed by atoms with Crippen molar-refractivity contribution in [2.24, 2.45) is 5.92 Å². The fraction of sp³-hybridized carbons (Fsp3) is 0.308. The highest BCUT2D eigenvalue weighted by Gasteiger charge is 2.32. The van der Waals surface area contributed by atoms with Crippen LogP contribution in [0.25, 0.3) is 6.08 Å². The van der Waals surface area contributed by atoms with E-state index in [0.717, 1.165) is 6.07 Å². The van der Waals surface area contributed by atoms with Gasteiger partial charge in [-0.05, 0) is 29.2 Å². The van der Waals surface area contributed by atoms with E-state index in [0.29, 0.717) is 11.9 Å². The molecule has 0 heterocycles. The standard InChI is InChI=1S/C13H13F3O/c1-9(2)11(8-17)7-10-5-3-4-6-12(10)13(14,15)16/h3-9H,1-2H3. The Morgan fingerprint density at radius 1 is 1.24 bits per heavy atom. The van der Waals surface area contributed by atoms with Crippen molar-refractivity contribution in [3.05, 3.63) is 41.0 Å². The molecule has 92 valence electrons. The third-order valence-electron chi connectivity index (χ3n) is 2.39. The van der Waals surface area contributed by atoms with E-state index < -0.39 is 11.7 Å². The number of alkyl halides is 3. The zero-order chi connectivity index (χ0) is 13.1. The third-order valence-corrected chi connectivity index (χ3v) is 2.39. The molecule has 0 aliphatic carbocycles. The number of allylic oxidation sites excluding steroid dienone is 1. The molecule has 0 atom stereocenters. The van der Waals surface area contributed by atoms with Crippen LogP contribution in [0.3, 0.4) is 0 Å². The van der Waals surface area contributed by atoms with Crippen molar-refractivity contribution in [1.82, 2.24) is 0 Å². The Kier molecular flexibility index (Phi) is 4.10. The zero-order valence-corrected chi connectivity index (χ0v) is 9.58. The first-order valence-electron chi connectivity index (χ1n) is 5.19.